The Labute approximate surface area is 89.7 Å². The van der Waals surface area contributed by atoms with Gasteiger partial charge in [-0.25, -0.2) is 5.48 Å². The van der Waals surface area contributed by atoms with E-state index in [-0.39, 0.29) is 11.8 Å². The molecule has 0 saturated heterocycles. The quantitative estimate of drug-likeness (QED) is 0.590. The molecule has 1 aromatic rings. The van der Waals surface area contributed by atoms with E-state index in [1.54, 1.807) is 6.08 Å². The van der Waals surface area contributed by atoms with E-state index in [2.05, 4.69) is 12.1 Å². The lowest BCUT2D eigenvalue weighted by Crippen LogP contribution is -2.22. The molecule has 0 spiro atoms. The topological polar surface area (TPSA) is 38.3 Å². The van der Waals surface area contributed by atoms with Gasteiger partial charge in [0.25, 0.3) is 0 Å². The molecule has 0 aromatic heterocycles. The fraction of sp³-hybridized carbons (Fsp3) is 0.250. The lowest BCUT2D eigenvalue weighted by atomic mass is 10.0. The average Bonchev–Trinajstić information content (AvgIpc) is 2.25. The summed E-state index contributed by atoms with van der Waals surface area (Å²) in [4.78, 5) is 15.6. The molecule has 1 amide bonds. The molecule has 0 aliphatic carbocycles. The smallest absolute Gasteiger partial charge is 0.240 e. The van der Waals surface area contributed by atoms with Crippen molar-refractivity contribution in [2.24, 2.45) is 0 Å². The number of hydroxylamine groups is 1. The predicted octanol–water partition coefficient (Wildman–Crippen LogP) is 2.02. The van der Waals surface area contributed by atoms with Gasteiger partial charge < -0.3 is 0 Å². The third-order valence-electron chi connectivity index (χ3n) is 1.99. The molecule has 80 valence electrons. The van der Waals surface area contributed by atoms with Crippen LogP contribution in [0, 0.1) is 0 Å². The fourth-order valence-electron chi connectivity index (χ4n) is 1.23. The summed E-state index contributed by atoms with van der Waals surface area (Å²) in [7, 11) is 0. The summed E-state index contributed by atoms with van der Waals surface area (Å²) in [6.07, 6.45) is 1.80. The Hall–Kier alpha value is -1.61. The first-order chi connectivity index (χ1) is 7.24. The van der Waals surface area contributed by atoms with Crippen molar-refractivity contribution in [2.45, 2.75) is 12.8 Å². The first kappa shape index (κ1) is 11.5. The minimum atomic E-state index is -0.203. The first-order valence-corrected chi connectivity index (χ1v) is 4.80. The highest BCUT2D eigenvalue weighted by Gasteiger charge is 2.07. The third-order valence-corrected chi connectivity index (χ3v) is 1.99. The molecule has 0 aliphatic rings. The van der Waals surface area contributed by atoms with Crippen molar-refractivity contribution in [3.05, 3.63) is 48.6 Å². The lowest BCUT2D eigenvalue weighted by molar-refractivity contribution is -0.131. The molecule has 1 rings (SSSR count). The molecular weight excluding hydrogens is 190 g/mol. The van der Waals surface area contributed by atoms with Gasteiger partial charge in [0.1, 0.15) is 0 Å². The van der Waals surface area contributed by atoms with Gasteiger partial charge in [-0.1, -0.05) is 36.4 Å². The number of rotatable bonds is 5. The van der Waals surface area contributed by atoms with Crippen molar-refractivity contribution in [1.29, 1.82) is 0 Å². The minimum Gasteiger partial charge on any atom is -0.273 e. The summed E-state index contributed by atoms with van der Waals surface area (Å²) >= 11 is 0. The molecule has 1 atom stereocenters. The number of amides is 1. The maximum atomic E-state index is 10.6. The van der Waals surface area contributed by atoms with Gasteiger partial charge in [0, 0.05) is 12.8 Å². The fourth-order valence-corrected chi connectivity index (χ4v) is 1.23. The van der Waals surface area contributed by atoms with Gasteiger partial charge in [-0.3, -0.25) is 9.63 Å². The Balaban J connectivity index is 2.50. The molecule has 15 heavy (non-hydrogen) atoms. The Kier molecular flexibility index (Phi) is 4.57. The van der Waals surface area contributed by atoms with Crippen molar-refractivity contribution in [3.63, 3.8) is 0 Å². The maximum Gasteiger partial charge on any atom is 0.240 e. The molecule has 0 bridgehead atoms. The van der Waals surface area contributed by atoms with Crippen LogP contribution >= 0.6 is 0 Å². The van der Waals surface area contributed by atoms with Gasteiger partial charge in [-0.15, -0.1) is 6.58 Å². The molecular formula is C12H15NO2. The first-order valence-electron chi connectivity index (χ1n) is 4.80. The number of hydrogen-bond acceptors (Lipinski definition) is 2. The summed E-state index contributed by atoms with van der Waals surface area (Å²) in [5.74, 6) is -0.107. The van der Waals surface area contributed by atoms with Crippen molar-refractivity contribution < 1.29 is 9.63 Å². The number of carbonyl (C=O) groups is 1. The molecule has 3 heteroatoms. The van der Waals surface area contributed by atoms with E-state index in [0.717, 1.165) is 5.56 Å². The van der Waals surface area contributed by atoms with Gasteiger partial charge in [-0.2, -0.15) is 0 Å². The minimum absolute atomic E-state index is 0.0954. The highest BCUT2D eigenvalue weighted by Crippen LogP contribution is 2.16. The Morgan fingerprint density at radius 3 is 2.73 bits per heavy atom. The van der Waals surface area contributed by atoms with Crippen molar-refractivity contribution in [2.75, 3.05) is 6.61 Å². The summed E-state index contributed by atoms with van der Waals surface area (Å²) in [5, 5.41) is 0. The van der Waals surface area contributed by atoms with Crippen LogP contribution in [0.15, 0.2) is 43.0 Å². The zero-order chi connectivity index (χ0) is 11.1. The summed E-state index contributed by atoms with van der Waals surface area (Å²) in [6.45, 7) is 5.55. The Morgan fingerprint density at radius 1 is 1.53 bits per heavy atom. The third kappa shape index (κ3) is 3.95. The van der Waals surface area contributed by atoms with E-state index in [1.807, 2.05) is 30.3 Å². The van der Waals surface area contributed by atoms with E-state index in [4.69, 9.17) is 4.84 Å². The van der Waals surface area contributed by atoms with Gasteiger partial charge in [0.2, 0.25) is 5.91 Å². The molecule has 1 N–H and O–H groups in total. The largest absolute Gasteiger partial charge is 0.273 e. The van der Waals surface area contributed by atoms with Gasteiger partial charge >= 0.3 is 0 Å². The van der Waals surface area contributed by atoms with Gasteiger partial charge in [-0.05, 0) is 5.56 Å². The van der Waals surface area contributed by atoms with Crippen LogP contribution in [0.4, 0.5) is 0 Å². The number of benzene rings is 1. The van der Waals surface area contributed by atoms with Crippen LogP contribution in [-0.2, 0) is 9.63 Å². The molecule has 0 fully saturated rings. The Bertz CT molecular complexity index is 322. The van der Waals surface area contributed by atoms with E-state index in [0.29, 0.717) is 6.61 Å². The Morgan fingerprint density at radius 2 is 2.20 bits per heavy atom. The van der Waals surface area contributed by atoms with E-state index in [1.165, 1.54) is 6.92 Å². The normalized spacial score (nSPS) is 11.8. The summed E-state index contributed by atoms with van der Waals surface area (Å²) in [5.41, 5.74) is 3.42. The van der Waals surface area contributed by atoms with Crippen LogP contribution in [0.5, 0.6) is 0 Å². The van der Waals surface area contributed by atoms with Crippen LogP contribution in [0.25, 0.3) is 0 Å². The van der Waals surface area contributed by atoms with Crippen molar-refractivity contribution >= 4 is 5.91 Å². The predicted molar refractivity (Wildman–Crippen MR) is 59.1 cm³/mol. The second-order valence-corrected chi connectivity index (χ2v) is 3.22. The SMILES string of the molecule is C=CC(CONC(C)=O)c1ccccc1. The zero-order valence-electron chi connectivity index (χ0n) is 8.77. The average molecular weight is 205 g/mol. The van der Waals surface area contributed by atoms with Crippen LogP contribution in [0.2, 0.25) is 0 Å². The highest BCUT2D eigenvalue weighted by molar-refractivity contribution is 5.71. The highest BCUT2D eigenvalue weighted by atomic mass is 16.6. The maximum absolute atomic E-state index is 10.6. The lowest BCUT2D eigenvalue weighted by Gasteiger charge is -2.12. The zero-order valence-corrected chi connectivity index (χ0v) is 8.77. The standard InChI is InChI=1S/C12H15NO2/c1-3-11(9-15-13-10(2)14)12-7-5-4-6-8-12/h3-8,11H,1,9H2,2H3,(H,13,14). The molecule has 0 aliphatic heterocycles. The second-order valence-electron chi connectivity index (χ2n) is 3.22. The van der Waals surface area contributed by atoms with Crippen LogP contribution in [0.3, 0.4) is 0 Å². The molecule has 1 unspecified atom stereocenters. The molecule has 0 saturated carbocycles. The van der Waals surface area contributed by atoms with E-state index < -0.39 is 0 Å². The number of nitrogens with one attached hydrogen (secondary N) is 1. The molecule has 1 aromatic carbocycles. The molecule has 3 nitrogen and oxygen atoms in total. The number of carbonyl (C=O) groups excluding carboxylic acids is 1. The van der Waals surface area contributed by atoms with Crippen LogP contribution < -0.4 is 5.48 Å². The van der Waals surface area contributed by atoms with E-state index in [9.17, 15) is 4.79 Å². The molecule has 0 radical (unpaired) electrons. The molecule has 0 heterocycles. The van der Waals surface area contributed by atoms with Gasteiger partial charge in [0.15, 0.2) is 0 Å². The van der Waals surface area contributed by atoms with E-state index >= 15 is 0 Å². The monoisotopic (exact) mass is 205 g/mol. The van der Waals surface area contributed by atoms with Crippen LogP contribution in [-0.4, -0.2) is 12.5 Å². The second kappa shape index (κ2) is 5.98. The van der Waals surface area contributed by atoms with Crippen molar-refractivity contribution in [1.82, 2.24) is 5.48 Å². The number of hydrogen-bond donors (Lipinski definition) is 1. The summed E-state index contributed by atoms with van der Waals surface area (Å²) in [6, 6.07) is 9.89. The van der Waals surface area contributed by atoms with Crippen molar-refractivity contribution in [3.8, 4) is 0 Å². The van der Waals surface area contributed by atoms with Crippen LogP contribution in [0.1, 0.15) is 18.4 Å². The summed E-state index contributed by atoms with van der Waals surface area (Å²) < 4.78 is 0. The van der Waals surface area contributed by atoms with Gasteiger partial charge in [0.05, 0.1) is 6.61 Å².